The van der Waals surface area contributed by atoms with Crippen molar-refractivity contribution in [2.75, 3.05) is 0 Å². The zero-order valence-corrected chi connectivity index (χ0v) is 10.4. The fraction of sp³-hybridized carbons (Fsp3) is 0.273. The van der Waals surface area contributed by atoms with Gasteiger partial charge in [-0.05, 0) is 11.6 Å². The molecule has 19 heavy (non-hydrogen) atoms. The quantitative estimate of drug-likeness (QED) is 0.303. The zero-order valence-electron chi connectivity index (χ0n) is 10.4. The number of nitrogens with one attached hydrogen (secondary N) is 1. The van der Waals surface area contributed by atoms with Gasteiger partial charge in [-0.15, -0.1) is 0 Å². The van der Waals surface area contributed by atoms with Crippen LogP contribution in [0.25, 0.3) is 0 Å². The molecule has 0 saturated carbocycles. The number of hydrogen-bond acceptors (Lipinski definition) is 7. The van der Waals surface area contributed by atoms with Gasteiger partial charge < -0.3 is 20.8 Å². The molecule has 0 aromatic carbocycles. The first-order valence-corrected chi connectivity index (χ1v) is 5.62. The molecule has 0 spiro atoms. The number of hydrogen-bond donors (Lipinski definition) is 3. The highest BCUT2D eigenvalue weighted by atomic mass is 16.5. The molecule has 0 aliphatic carbocycles. The Morgan fingerprint density at radius 1 is 1.53 bits per heavy atom. The summed E-state index contributed by atoms with van der Waals surface area (Å²) in [5.74, 6) is 1.08. The van der Waals surface area contributed by atoms with Gasteiger partial charge in [-0.25, -0.2) is 0 Å². The summed E-state index contributed by atoms with van der Waals surface area (Å²) in [6.45, 7) is 2.68. The van der Waals surface area contributed by atoms with Gasteiger partial charge >= 0.3 is 0 Å². The standard InChI is InChI=1S/C11H14N6O2/c1-7-15-9(17-19-7)6-13-5-8-3-2-4-14-10(8)11(12)16-18/h2-4,13,18H,5-6H2,1H3,(H2,12,16). The fourth-order valence-electron chi connectivity index (χ4n) is 1.58. The summed E-state index contributed by atoms with van der Waals surface area (Å²) in [6, 6.07) is 3.62. The first kappa shape index (κ1) is 13.0. The van der Waals surface area contributed by atoms with Gasteiger partial charge in [-0.3, -0.25) is 4.98 Å². The number of aromatic nitrogens is 3. The molecule has 2 aromatic heterocycles. The molecule has 8 heteroatoms. The van der Waals surface area contributed by atoms with E-state index in [4.69, 9.17) is 15.5 Å². The molecule has 8 nitrogen and oxygen atoms in total. The Labute approximate surface area is 109 Å². The van der Waals surface area contributed by atoms with E-state index in [2.05, 4.69) is 25.6 Å². The molecule has 0 bridgehead atoms. The van der Waals surface area contributed by atoms with Crippen LogP contribution in [0, 0.1) is 6.92 Å². The molecule has 2 rings (SSSR count). The third kappa shape index (κ3) is 3.26. The van der Waals surface area contributed by atoms with Crippen molar-refractivity contribution in [3.8, 4) is 0 Å². The van der Waals surface area contributed by atoms with Crippen molar-refractivity contribution in [1.29, 1.82) is 0 Å². The van der Waals surface area contributed by atoms with E-state index in [1.165, 1.54) is 0 Å². The van der Waals surface area contributed by atoms with Crippen LogP contribution in [-0.2, 0) is 13.1 Å². The topological polar surface area (TPSA) is 122 Å². The van der Waals surface area contributed by atoms with Gasteiger partial charge in [0, 0.05) is 19.7 Å². The van der Waals surface area contributed by atoms with E-state index >= 15 is 0 Å². The van der Waals surface area contributed by atoms with Gasteiger partial charge in [-0.2, -0.15) is 4.98 Å². The lowest BCUT2D eigenvalue weighted by Crippen LogP contribution is -2.21. The normalized spacial score (nSPS) is 11.7. The van der Waals surface area contributed by atoms with Crippen LogP contribution in [0.15, 0.2) is 28.0 Å². The SMILES string of the molecule is Cc1nc(CNCc2cccnc2/C(N)=N/O)no1. The van der Waals surface area contributed by atoms with E-state index in [1.807, 2.05) is 6.07 Å². The third-order valence-corrected chi connectivity index (χ3v) is 2.41. The summed E-state index contributed by atoms with van der Waals surface area (Å²) < 4.78 is 4.86. The van der Waals surface area contributed by atoms with Gasteiger partial charge in [0.15, 0.2) is 11.7 Å². The Hall–Kier alpha value is -2.48. The molecule has 0 unspecified atom stereocenters. The molecule has 0 saturated heterocycles. The van der Waals surface area contributed by atoms with Gasteiger partial charge in [0.1, 0.15) is 5.69 Å². The highest BCUT2D eigenvalue weighted by Gasteiger charge is 2.08. The molecule has 2 aromatic rings. The van der Waals surface area contributed by atoms with Crippen LogP contribution in [0.5, 0.6) is 0 Å². The molecule has 2 heterocycles. The molecular formula is C11H14N6O2. The predicted molar refractivity (Wildman–Crippen MR) is 66.3 cm³/mol. The Bertz CT molecular complexity index is 580. The first-order chi connectivity index (χ1) is 9.20. The van der Waals surface area contributed by atoms with Crippen molar-refractivity contribution in [2.24, 2.45) is 10.9 Å². The highest BCUT2D eigenvalue weighted by Crippen LogP contribution is 2.05. The second kappa shape index (κ2) is 5.91. The lowest BCUT2D eigenvalue weighted by molar-refractivity contribution is 0.318. The molecule has 100 valence electrons. The van der Waals surface area contributed by atoms with E-state index in [0.29, 0.717) is 30.5 Å². The molecule has 0 atom stereocenters. The minimum absolute atomic E-state index is 0.0206. The van der Waals surface area contributed by atoms with E-state index in [-0.39, 0.29) is 5.84 Å². The van der Waals surface area contributed by atoms with Crippen LogP contribution in [0.2, 0.25) is 0 Å². The number of nitrogens with zero attached hydrogens (tertiary/aromatic N) is 4. The van der Waals surface area contributed by atoms with Crippen LogP contribution < -0.4 is 11.1 Å². The van der Waals surface area contributed by atoms with Crippen molar-refractivity contribution in [3.05, 3.63) is 41.3 Å². The van der Waals surface area contributed by atoms with E-state index in [0.717, 1.165) is 5.56 Å². The average Bonchev–Trinajstić information content (AvgIpc) is 2.84. The summed E-state index contributed by atoms with van der Waals surface area (Å²) in [7, 11) is 0. The lowest BCUT2D eigenvalue weighted by atomic mass is 10.2. The molecule has 0 fully saturated rings. The maximum Gasteiger partial charge on any atom is 0.223 e. The Morgan fingerprint density at radius 2 is 2.37 bits per heavy atom. The van der Waals surface area contributed by atoms with Crippen LogP contribution in [0.4, 0.5) is 0 Å². The molecule has 0 radical (unpaired) electrons. The molecular weight excluding hydrogens is 248 g/mol. The van der Waals surface area contributed by atoms with E-state index in [1.54, 1.807) is 19.2 Å². The van der Waals surface area contributed by atoms with Gasteiger partial charge in [0.25, 0.3) is 0 Å². The number of aryl methyl sites for hydroxylation is 1. The monoisotopic (exact) mass is 262 g/mol. The average molecular weight is 262 g/mol. The second-order valence-electron chi connectivity index (χ2n) is 3.83. The van der Waals surface area contributed by atoms with Crippen molar-refractivity contribution in [2.45, 2.75) is 20.0 Å². The van der Waals surface area contributed by atoms with Crippen molar-refractivity contribution >= 4 is 5.84 Å². The molecule has 0 aliphatic heterocycles. The van der Waals surface area contributed by atoms with Gasteiger partial charge in [-0.1, -0.05) is 16.4 Å². The molecule has 0 aliphatic rings. The van der Waals surface area contributed by atoms with E-state index < -0.39 is 0 Å². The predicted octanol–water partition coefficient (Wildman–Crippen LogP) is 0.157. The summed E-state index contributed by atoms with van der Waals surface area (Å²) in [5, 5.41) is 18.5. The number of nitrogens with two attached hydrogens (primary N) is 1. The minimum atomic E-state index is -0.0206. The molecule has 4 N–H and O–H groups in total. The van der Waals surface area contributed by atoms with E-state index in [9.17, 15) is 0 Å². The third-order valence-electron chi connectivity index (χ3n) is 2.41. The second-order valence-corrected chi connectivity index (χ2v) is 3.83. The minimum Gasteiger partial charge on any atom is -0.409 e. The Morgan fingerprint density at radius 3 is 3.05 bits per heavy atom. The van der Waals surface area contributed by atoms with Crippen LogP contribution in [-0.4, -0.2) is 26.2 Å². The maximum atomic E-state index is 8.69. The Balaban J connectivity index is 2.00. The van der Waals surface area contributed by atoms with Gasteiger partial charge in [0.05, 0.1) is 6.54 Å². The van der Waals surface area contributed by atoms with Crippen LogP contribution in [0.3, 0.4) is 0 Å². The van der Waals surface area contributed by atoms with Crippen molar-refractivity contribution in [1.82, 2.24) is 20.4 Å². The number of oxime groups is 1. The Kier molecular flexibility index (Phi) is 4.04. The smallest absolute Gasteiger partial charge is 0.223 e. The van der Waals surface area contributed by atoms with Crippen LogP contribution >= 0.6 is 0 Å². The highest BCUT2D eigenvalue weighted by molar-refractivity contribution is 5.96. The van der Waals surface area contributed by atoms with Crippen molar-refractivity contribution in [3.63, 3.8) is 0 Å². The summed E-state index contributed by atoms with van der Waals surface area (Å²) in [6.07, 6.45) is 1.58. The van der Waals surface area contributed by atoms with Crippen molar-refractivity contribution < 1.29 is 9.73 Å². The summed E-state index contributed by atoms with van der Waals surface area (Å²) in [5.41, 5.74) is 6.82. The number of rotatable bonds is 5. The van der Waals surface area contributed by atoms with Crippen LogP contribution in [0.1, 0.15) is 23.0 Å². The lowest BCUT2D eigenvalue weighted by Gasteiger charge is -2.07. The number of pyridine rings is 1. The fourth-order valence-corrected chi connectivity index (χ4v) is 1.58. The maximum absolute atomic E-state index is 8.69. The first-order valence-electron chi connectivity index (χ1n) is 5.62. The number of amidine groups is 1. The molecule has 0 amide bonds. The van der Waals surface area contributed by atoms with Gasteiger partial charge in [0.2, 0.25) is 5.89 Å². The largest absolute Gasteiger partial charge is 0.409 e. The summed E-state index contributed by atoms with van der Waals surface area (Å²) in [4.78, 5) is 8.14. The summed E-state index contributed by atoms with van der Waals surface area (Å²) >= 11 is 0. The zero-order chi connectivity index (χ0) is 13.7.